The molecule has 10 nitrogen and oxygen atoms in total. The third kappa shape index (κ3) is 15.0. The lowest BCUT2D eigenvalue weighted by Crippen LogP contribution is -2.02. The van der Waals surface area contributed by atoms with E-state index in [9.17, 15) is 24.3 Å². The number of nitrogens with one attached hydrogen (secondary N) is 2. The Morgan fingerprint density at radius 1 is 0.448 bits per heavy atom. The van der Waals surface area contributed by atoms with Gasteiger partial charge in [0.1, 0.15) is 18.1 Å². The zero-order valence-electron chi connectivity index (χ0n) is 38.4. The smallest absolute Gasteiger partial charge is 0.305 e. The molecule has 0 radical (unpaired) electrons. The van der Waals surface area contributed by atoms with E-state index in [2.05, 4.69) is 25.5 Å². The highest BCUT2D eigenvalue weighted by Crippen LogP contribution is 2.34. The van der Waals surface area contributed by atoms with Crippen LogP contribution in [0.25, 0.3) is 44.8 Å². The SMILES string of the molecule is COC(=O)CCCCCCC(=O)c1[nH]c(-c2ccccc2)cc1-c1ccc(O)cc1.COC(=O)CCCCCCC(=O)c1[nH]c(-c2ccccc2)cc1-c1ccc(OCc2ccccc2)cc1. The molecule has 0 aliphatic carbocycles. The van der Waals surface area contributed by atoms with E-state index in [1.807, 2.05) is 133 Å². The summed E-state index contributed by atoms with van der Waals surface area (Å²) < 4.78 is 15.3. The van der Waals surface area contributed by atoms with Gasteiger partial charge in [0.2, 0.25) is 0 Å². The van der Waals surface area contributed by atoms with Gasteiger partial charge < -0.3 is 29.3 Å². The number of carbonyl (C=O) groups excluding carboxylic acids is 4. The minimum atomic E-state index is -0.190. The molecule has 0 spiro atoms. The third-order valence-electron chi connectivity index (χ3n) is 11.5. The maximum absolute atomic E-state index is 13.3. The van der Waals surface area contributed by atoms with Crippen LogP contribution in [0.4, 0.5) is 0 Å². The Morgan fingerprint density at radius 3 is 1.25 bits per heavy atom. The average Bonchev–Trinajstić information content (AvgIpc) is 4.03. The number of aromatic amines is 2. The lowest BCUT2D eigenvalue weighted by molar-refractivity contribution is -0.141. The summed E-state index contributed by atoms with van der Waals surface area (Å²) in [7, 11) is 2.80. The zero-order valence-corrected chi connectivity index (χ0v) is 38.4. The fourth-order valence-electron chi connectivity index (χ4n) is 7.73. The molecule has 7 rings (SSSR count). The molecule has 0 unspecified atom stereocenters. The Labute approximate surface area is 393 Å². The van der Waals surface area contributed by atoms with Crippen molar-refractivity contribution in [2.45, 2.75) is 83.7 Å². The molecule has 5 aromatic carbocycles. The van der Waals surface area contributed by atoms with Crippen LogP contribution in [0.15, 0.2) is 152 Å². The number of benzene rings is 5. The minimum absolute atomic E-state index is 0.0632. The lowest BCUT2D eigenvalue weighted by atomic mass is 10.0. The number of esters is 2. The molecule has 0 bridgehead atoms. The Bertz CT molecular complexity index is 2620. The number of aromatic hydroxyl groups is 1. The van der Waals surface area contributed by atoms with E-state index in [0.717, 1.165) is 107 Å². The van der Waals surface area contributed by atoms with Crippen LogP contribution in [0.1, 0.15) is 104 Å². The van der Waals surface area contributed by atoms with Crippen LogP contribution >= 0.6 is 0 Å². The number of rotatable bonds is 23. The highest BCUT2D eigenvalue weighted by atomic mass is 16.5. The van der Waals surface area contributed by atoms with Crippen LogP contribution in [-0.2, 0) is 25.7 Å². The fraction of sp³-hybridized carbons (Fsp3) is 0.263. The monoisotopic (exact) mass is 900 g/mol. The number of ketones is 2. The van der Waals surface area contributed by atoms with Crippen molar-refractivity contribution in [1.82, 2.24) is 9.97 Å². The number of ether oxygens (including phenoxy) is 3. The molecular formula is C57H60N2O8. The first-order chi connectivity index (χ1) is 32.7. The Kier molecular flexibility index (Phi) is 18.9. The molecule has 3 N–H and O–H groups in total. The quantitative estimate of drug-likeness (QED) is 0.0327. The van der Waals surface area contributed by atoms with Crippen molar-refractivity contribution >= 4 is 23.5 Å². The van der Waals surface area contributed by atoms with Gasteiger partial charge in [-0.1, -0.05) is 141 Å². The van der Waals surface area contributed by atoms with Gasteiger partial charge in [-0.15, -0.1) is 0 Å². The van der Waals surface area contributed by atoms with Crippen LogP contribution in [-0.4, -0.2) is 52.8 Å². The summed E-state index contributed by atoms with van der Waals surface area (Å²) in [5, 5.41) is 9.60. The van der Waals surface area contributed by atoms with E-state index in [1.54, 1.807) is 12.1 Å². The van der Waals surface area contributed by atoms with Crippen LogP contribution in [0.3, 0.4) is 0 Å². The first-order valence-corrected chi connectivity index (χ1v) is 23.1. The summed E-state index contributed by atoms with van der Waals surface area (Å²) in [4.78, 5) is 55.4. The molecular weight excluding hydrogens is 841 g/mol. The molecule has 0 amide bonds. The minimum Gasteiger partial charge on any atom is -0.508 e. The molecule has 7 aromatic rings. The van der Waals surface area contributed by atoms with Gasteiger partial charge in [-0.3, -0.25) is 19.2 Å². The number of Topliss-reactive ketones (excluding diaryl/α,β-unsaturated/α-hetero) is 2. The van der Waals surface area contributed by atoms with Crippen molar-refractivity contribution < 1.29 is 38.5 Å². The molecule has 0 saturated heterocycles. The summed E-state index contributed by atoms with van der Waals surface area (Å²) in [5.41, 5.74) is 9.77. The molecule has 10 heteroatoms. The lowest BCUT2D eigenvalue weighted by Gasteiger charge is -2.08. The van der Waals surface area contributed by atoms with E-state index in [0.29, 0.717) is 43.7 Å². The van der Waals surface area contributed by atoms with Crippen LogP contribution < -0.4 is 4.74 Å². The fourth-order valence-corrected chi connectivity index (χ4v) is 7.73. The maximum atomic E-state index is 13.3. The summed E-state index contributed by atoms with van der Waals surface area (Å²) >= 11 is 0. The van der Waals surface area contributed by atoms with Crippen LogP contribution in [0.5, 0.6) is 11.5 Å². The zero-order chi connectivity index (χ0) is 47.2. The number of hydrogen-bond acceptors (Lipinski definition) is 8. The van der Waals surface area contributed by atoms with E-state index in [4.69, 9.17) is 4.74 Å². The standard InChI is InChI=1S/C32H33NO4.C25H27NO4/c1-36-31(35)17-11-3-2-10-16-30(34)32-28(22-29(33-32)26-14-8-5-9-15-26)25-18-20-27(21-19-25)37-23-24-12-6-4-7-13-24;1-30-24(29)12-8-3-2-7-11-23(28)25-21(18-13-15-20(27)16-14-18)17-22(26-25)19-9-5-4-6-10-19/h4-9,12-15,18-22,33H,2-3,10-11,16-17,23H2,1H3;4-6,9-10,13-17,26-27H,2-3,7-8,11-12H2,1H3. The second-order valence-corrected chi connectivity index (χ2v) is 16.3. The topological polar surface area (TPSA) is 148 Å². The first-order valence-electron chi connectivity index (χ1n) is 23.1. The molecule has 2 aromatic heterocycles. The second-order valence-electron chi connectivity index (χ2n) is 16.3. The predicted molar refractivity (Wildman–Crippen MR) is 264 cm³/mol. The molecule has 346 valence electrons. The summed E-state index contributed by atoms with van der Waals surface area (Å²) in [6.07, 6.45) is 8.46. The molecule has 2 heterocycles. The van der Waals surface area contributed by atoms with Gasteiger partial charge >= 0.3 is 11.9 Å². The number of phenols is 1. The number of H-pyrrole nitrogens is 2. The summed E-state index contributed by atoms with van der Waals surface area (Å²) in [5.74, 6) is 0.757. The van der Waals surface area contributed by atoms with Crippen molar-refractivity contribution in [2.75, 3.05) is 14.2 Å². The van der Waals surface area contributed by atoms with Crippen molar-refractivity contribution in [3.8, 4) is 56.3 Å². The number of unbranched alkanes of at least 4 members (excludes halogenated alkanes) is 6. The van der Waals surface area contributed by atoms with Gasteiger partial charge in [0.25, 0.3) is 0 Å². The Morgan fingerprint density at radius 2 is 0.836 bits per heavy atom. The van der Waals surface area contributed by atoms with Gasteiger partial charge in [-0.05, 0) is 89.9 Å². The normalized spacial score (nSPS) is 10.7. The Balaban J connectivity index is 0.000000226. The molecule has 0 saturated carbocycles. The van der Waals surface area contributed by atoms with Gasteiger partial charge in [0.05, 0.1) is 25.6 Å². The molecule has 0 fully saturated rings. The number of carbonyl (C=O) groups is 4. The molecule has 0 aliphatic rings. The van der Waals surface area contributed by atoms with Crippen LogP contribution in [0, 0.1) is 0 Å². The average molecular weight is 901 g/mol. The predicted octanol–water partition coefficient (Wildman–Crippen LogP) is 13.4. The third-order valence-corrected chi connectivity index (χ3v) is 11.5. The van der Waals surface area contributed by atoms with E-state index >= 15 is 0 Å². The number of methoxy groups -OCH3 is 2. The number of phenolic OH excluding ortho intramolecular Hbond substituents is 1. The van der Waals surface area contributed by atoms with E-state index < -0.39 is 0 Å². The van der Waals surface area contributed by atoms with Crippen molar-refractivity contribution in [3.63, 3.8) is 0 Å². The number of hydrogen-bond donors (Lipinski definition) is 3. The van der Waals surface area contributed by atoms with E-state index in [1.165, 1.54) is 14.2 Å². The van der Waals surface area contributed by atoms with Gasteiger partial charge in [-0.25, -0.2) is 0 Å². The summed E-state index contributed by atoms with van der Waals surface area (Å²) in [6.45, 7) is 0.506. The molecule has 0 atom stereocenters. The van der Waals surface area contributed by atoms with Gasteiger partial charge in [0.15, 0.2) is 11.6 Å². The van der Waals surface area contributed by atoms with Crippen molar-refractivity contribution in [3.05, 3.63) is 169 Å². The highest BCUT2D eigenvalue weighted by molar-refractivity contribution is 6.03. The maximum Gasteiger partial charge on any atom is 0.305 e. The molecule has 0 aliphatic heterocycles. The van der Waals surface area contributed by atoms with Gasteiger partial charge in [-0.2, -0.15) is 0 Å². The van der Waals surface area contributed by atoms with E-state index in [-0.39, 0.29) is 29.3 Å². The largest absolute Gasteiger partial charge is 0.508 e. The van der Waals surface area contributed by atoms with Crippen LogP contribution in [0.2, 0.25) is 0 Å². The van der Waals surface area contributed by atoms with Crippen molar-refractivity contribution in [1.29, 1.82) is 0 Å². The second kappa shape index (κ2) is 25.9. The number of aromatic nitrogens is 2. The summed E-state index contributed by atoms with van der Waals surface area (Å²) in [6, 6.07) is 48.8. The first kappa shape index (κ1) is 49.0. The van der Waals surface area contributed by atoms with Gasteiger partial charge in [0, 0.05) is 48.2 Å². The highest BCUT2D eigenvalue weighted by Gasteiger charge is 2.19. The Hall–Kier alpha value is -7.46. The van der Waals surface area contributed by atoms with Crippen molar-refractivity contribution in [2.24, 2.45) is 0 Å². The molecule has 67 heavy (non-hydrogen) atoms.